The van der Waals surface area contributed by atoms with Crippen molar-refractivity contribution in [2.24, 2.45) is 5.92 Å². The molecule has 1 heterocycles. The molecule has 84 valence electrons. The zero-order valence-corrected chi connectivity index (χ0v) is 9.44. The van der Waals surface area contributed by atoms with Gasteiger partial charge in [0.2, 0.25) is 5.82 Å². The van der Waals surface area contributed by atoms with E-state index in [9.17, 15) is 0 Å². The van der Waals surface area contributed by atoms with Crippen molar-refractivity contribution < 1.29 is 0 Å². The molecule has 16 heavy (non-hydrogen) atoms. The maximum atomic E-state index is 3.95. The number of H-pyrrole nitrogens is 1. The summed E-state index contributed by atoms with van der Waals surface area (Å²) in [5, 5.41) is 17.2. The molecule has 0 aliphatic carbocycles. The molecule has 0 amide bonds. The Labute approximate surface area is 94.3 Å². The molecule has 2 aromatic rings. The molecule has 0 radical (unpaired) electrons. The van der Waals surface area contributed by atoms with Crippen molar-refractivity contribution in [3.8, 4) is 11.4 Å². The normalized spacial score (nSPS) is 10.7. The van der Waals surface area contributed by atoms with E-state index in [-0.39, 0.29) is 0 Å². The molecule has 0 atom stereocenters. The van der Waals surface area contributed by atoms with E-state index < -0.39 is 0 Å². The van der Waals surface area contributed by atoms with Crippen LogP contribution in [-0.4, -0.2) is 27.2 Å². The highest BCUT2D eigenvalue weighted by Gasteiger charge is 2.03. The summed E-state index contributed by atoms with van der Waals surface area (Å²) >= 11 is 0. The van der Waals surface area contributed by atoms with E-state index in [1.807, 2.05) is 24.3 Å². The number of benzene rings is 1. The summed E-state index contributed by atoms with van der Waals surface area (Å²) in [4.78, 5) is 0. The van der Waals surface area contributed by atoms with Crippen LogP contribution in [0.25, 0.3) is 11.4 Å². The predicted molar refractivity (Wildman–Crippen MR) is 62.9 cm³/mol. The number of anilines is 1. The molecule has 5 nitrogen and oxygen atoms in total. The molecule has 0 aliphatic rings. The monoisotopic (exact) mass is 217 g/mol. The largest absolute Gasteiger partial charge is 0.385 e. The van der Waals surface area contributed by atoms with Gasteiger partial charge in [0.15, 0.2) is 0 Å². The fourth-order valence-electron chi connectivity index (χ4n) is 1.37. The number of hydrogen-bond donors (Lipinski definition) is 2. The van der Waals surface area contributed by atoms with Gasteiger partial charge in [-0.3, -0.25) is 0 Å². The summed E-state index contributed by atoms with van der Waals surface area (Å²) < 4.78 is 0. The predicted octanol–water partition coefficient (Wildman–Crippen LogP) is 1.93. The number of nitrogens with zero attached hydrogens (tertiary/aromatic N) is 3. The minimum absolute atomic E-state index is 0.619. The Bertz CT molecular complexity index is 435. The number of aromatic nitrogens is 4. The Morgan fingerprint density at radius 1 is 1.38 bits per heavy atom. The molecule has 2 N–H and O–H groups in total. The Balaban J connectivity index is 2.14. The lowest BCUT2D eigenvalue weighted by atomic mass is 10.1. The van der Waals surface area contributed by atoms with E-state index in [1.54, 1.807) is 0 Å². The Morgan fingerprint density at radius 3 is 2.94 bits per heavy atom. The van der Waals surface area contributed by atoms with Crippen LogP contribution in [0.15, 0.2) is 24.3 Å². The van der Waals surface area contributed by atoms with Gasteiger partial charge in [-0.1, -0.05) is 26.0 Å². The van der Waals surface area contributed by atoms with Crippen LogP contribution in [0.4, 0.5) is 5.69 Å². The summed E-state index contributed by atoms with van der Waals surface area (Å²) in [7, 11) is 0. The van der Waals surface area contributed by atoms with E-state index in [0.29, 0.717) is 11.7 Å². The van der Waals surface area contributed by atoms with E-state index in [0.717, 1.165) is 17.8 Å². The van der Waals surface area contributed by atoms with Crippen LogP contribution in [0, 0.1) is 5.92 Å². The van der Waals surface area contributed by atoms with E-state index in [2.05, 4.69) is 39.8 Å². The maximum Gasteiger partial charge on any atom is 0.204 e. The van der Waals surface area contributed by atoms with Gasteiger partial charge < -0.3 is 5.32 Å². The maximum absolute atomic E-state index is 3.95. The summed E-state index contributed by atoms with van der Waals surface area (Å²) in [6.45, 7) is 5.31. The van der Waals surface area contributed by atoms with E-state index in [4.69, 9.17) is 0 Å². The summed E-state index contributed by atoms with van der Waals surface area (Å²) in [6.07, 6.45) is 0. The minimum Gasteiger partial charge on any atom is -0.385 e. The average Bonchev–Trinajstić information content (AvgIpc) is 2.80. The molecule has 1 aromatic heterocycles. The van der Waals surface area contributed by atoms with Crippen LogP contribution >= 0.6 is 0 Å². The van der Waals surface area contributed by atoms with Gasteiger partial charge in [-0.05, 0) is 23.3 Å². The van der Waals surface area contributed by atoms with Crippen molar-refractivity contribution >= 4 is 5.69 Å². The van der Waals surface area contributed by atoms with Gasteiger partial charge in [-0.25, -0.2) is 0 Å². The van der Waals surface area contributed by atoms with Gasteiger partial charge in [0, 0.05) is 17.8 Å². The summed E-state index contributed by atoms with van der Waals surface area (Å²) in [6, 6.07) is 8.00. The van der Waals surface area contributed by atoms with Gasteiger partial charge in [-0.15, -0.1) is 10.2 Å². The third-order valence-corrected chi connectivity index (χ3v) is 2.18. The lowest BCUT2D eigenvalue weighted by Crippen LogP contribution is -2.07. The first-order valence-corrected chi connectivity index (χ1v) is 5.33. The van der Waals surface area contributed by atoms with Gasteiger partial charge in [0.05, 0.1) is 0 Å². The fraction of sp³-hybridized carbons (Fsp3) is 0.364. The average molecular weight is 217 g/mol. The second-order valence-electron chi connectivity index (χ2n) is 4.09. The minimum atomic E-state index is 0.619. The zero-order valence-electron chi connectivity index (χ0n) is 9.44. The van der Waals surface area contributed by atoms with Crippen molar-refractivity contribution in [3.05, 3.63) is 24.3 Å². The highest BCUT2D eigenvalue weighted by atomic mass is 15.5. The fourth-order valence-corrected chi connectivity index (χ4v) is 1.37. The standard InChI is InChI=1S/C11H15N5/c1-8(2)7-12-10-5-3-4-9(6-10)11-13-15-16-14-11/h3-6,8,12H,7H2,1-2H3,(H,13,14,15,16). The molecular weight excluding hydrogens is 202 g/mol. The van der Waals surface area contributed by atoms with Crippen LogP contribution < -0.4 is 5.32 Å². The van der Waals surface area contributed by atoms with Crippen LogP contribution in [0.2, 0.25) is 0 Å². The van der Waals surface area contributed by atoms with Gasteiger partial charge in [-0.2, -0.15) is 5.21 Å². The zero-order chi connectivity index (χ0) is 11.4. The highest BCUT2D eigenvalue weighted by Crippen LogP contribution is 2.18. The van der Waals surface area contributed by atoms with Gasteiger partial charge in [0.25, 0.3) is 0 Å². The first-order valence-electron chi connectivity index (χ1n) is 5.33. The number of nitrogens with one attached hydrogen (secondary N) is 2. The topological polar surface area (TPSA) is 66.5 Å². The second kappa shape index (κ2) is 4.74. The van der Waals surface area contributed by atoms with Crippen molar-refractivity contribution in [2.45, 2.75) is 13.8 Å². The van der Waals surface area contributed by atoms with Crippen LogP contribution in [0.3, 0.4) is 0 Å². The van der Waals surface area contributed by atoms with E-state index in [1.165, 1.54) is 0 Å². The van der Waals surface area contributed by atoms with Gasteiger partial charge >= 0.3 is 0 Å². The van der Waals surface area contributed by atoms with Crippen LogP contribution in [0.1, 0.15) is 13.8 Å². The Kier molecular flexibility index (Phi) is 3.14. The summed E-state index contributed by atoms with van der Waals surface area (Å²) in [5.74, 6) is 1.24. The molecular formula is C11H15N5. The second-order valence-corrected chi connectivity index (χ2v) is 4.09. The molecule has 0 fully saturated rings. The summed E-state index contributed by atoms with van der Waals surface area (Å²) in [5.41, 5.74) is 2.04. The molecule has 5 heteroatoms. The smallest absolute Gasteiger partial charge is 0.204 e. The highest BCUT2D eigenvalue weighted by molar-refractivity contribution is 5.61. The molecule has 2 rings (SSSR count). The third kappa shape index (κ3) is 2.56. The van der Waals surface area contributed by atoms with Gasteiger partial charge in [0.1, 0.15) is 0 Å². The molecule has 1 aromatic carbocycles. The number of tetrazole rings is 1. The Morgan fingerprint density at radius 2 is 2.25 bits per heavy atom. The molecule has 0 saturated heterocycles. The van der Waals surface area contributed by atoms with Crippen molar-refractivity contribution in [2.75, 3.05) is 11.9 Å². The third-order valence-electron chi connectivity index (χ3n) is 2.18. The molecule has 0 bridgehead atoms. The molecule has 0 unspecified atom stereocenters. The van der Waals surface area contributed by atoms with Crippen molar-refractivity contribution in [1.29, 1.82) is 0 Å². The lowest BCUT2D eigenvalue weighted by Gasteiger charge is -2.09. The van der Waals surface area contributed by atoms with E-state index >= 15 is 0 Å². The molecule has 0 spiro atoms. The Hall–Kier alpha value is -1.91. The van der Waals surface area contributed by atoms with Crippen molar-refractivity contribution in [3.63, 3.8) is 0 Å². The van der Waals surface area contributed by atoms with Crippen LogP contribution in [0.5, 0.6) is 0 Å². The first kappa shape index (κ1) is 10.6. The number of rotatable bonds is 4. The van der Waals surface area contributed by atoms with Crippen LogP contribution in [-0.2, 0) is 0 Å². The number of aromatic amines is 1. The first-order chi connectivity index (χ1) is 7.75. The quantitative estimate of drug-likeness (QED) is 0.821. The molecule has 0 aliphatic heterocycles. The number of hydrogen-bond acceptors (Lipinski definition) is 4. The SMILES string of the molecule is CC(C)CNc1cccc(-c2nn[nH]n2)c1. The molecule has 0 saturated carbocycles. The van der Waals surface area contributed by atoms with Crippen molar-refractivity contribution in [1.82, 2.24) is 20.6 Å². The lowest BCUT2D eigenvalue weighted by molar-refractivity contribution is 0.689.